The van der Waals surface area contributed by atoms with Gasteiger partial charge in [0.2, 0.25) is 11.8 Å². The molecule has 0 spiro atoms. The molecular formula is C46H80N5O6P. The van der Waals surface area contributed by atoms with Crippen LogP contribution in [0.15, 0.2) is 0 Å². The standard InChI is InChI=1S/C46H80N5O6P/c1-31(2)51(32(3)4)58(55-27-13-25-47)57-37-28-34(6)50(30-37)43(53)14-11-10-12-26-49-44(54)56-36-21-23-45(7)35(29-36)16-17-38-40-19-18-39(33(5)15-20-42(52)48-9)46(40,8)24-22-41(38)45/h31-41H,10-24,26-30H2,1-9H3,(H,48,52)(H,49,54)/t33-,34-,35-,36-,37-,38?,39-,40?,41?,45+,46-,58?/m1/s1. The van der Waals surface area contributed by atoms with Gasteiger partial charge >= 0.3 is 6.09 Å². The lowest BCUT2D eigenvalue weighted by atomic mass is 9.44. The molecule has 330 valence electrons. The highest BCUT2D eigenvalue weighted by Crippen LogP contribution is 2.68. The number of hydrogen-bond donors (Lipinski definition) is 2. The predicted molar refractivity (Wildman–Crippen MR) is 230 cm³/mol. The molecule has 1 heterocycles. The lowest BCUT2D eigenvalue weighted by Crippen LogP contribution is -2.54. The smallest absolute Gasteiger partial charge is 0.407 e. The molecule has 2 N–H and O–H groups in total. The summed E-state index contributed by atoms with van der Waals surface area (Å²) in [5, 5.41) is 14.8. The molecule has 5 rings (SSSR count). The van der Waals surface area contributed by atoms with Crippen LogP contribution in [-0.2, 0) is 23.4 Å². The fraction of sp³-hybridized carbons (Fsp3) is 0.913. The minimum Gasteiger partial charge on any atom is -0.446 e. The summed E-state index contributed by atoms with van der Waals surface area (Å²) >= 11 is 0. The molecular weight excluding hydrogens is 750 g/mol. The Morgan fingerprint density at radius 3 is 2.33 bits per heavy atom. The number of fused-ring (bicyclic) bond motifs is 5. The van der Waals surface area contributed by atoms with Gasteiger partial charge in [0.15, 0.2) is 0 Å². The number of alkyl carbamates (subject to hydrolysis) is 1. The first-order chi connectivity index (χ1) is 27.6. The number of nitriles is 1. The van der Waals surface area contributed by atoms with E-state index in [-0.39, 0.29) is 48.2 Å². The predicted octanol–water partition coefficient (Wildman–Crippen LogP) is 9.74. The van der Waals surface area contributed by atoms with Gasteiger partial charge in [-0.2, -0.15) is 5.26 Å². The highest BCUT2D eigenvalue weighted by Gasteiger charge is 2.60. The minimum atomic E-state index is -1.34. The molecule has 11 nitrogen and oxygen atoms in total. The summed E-state index contributed by atoms with van der Waals surface area (Å²) in [5.41, 5.74) is 0.733. The molecule has 12 heteroatoms. The van der Waals surface area contributed by atoms with Crippen molar-refractivity contribution in [2.75, 3.05) is 26.7 Å². The summed E-state index contributed by atoms with van der Waals surface area (Å²) in [5.74, 6) is 4.63. The average molecular weight is 830 g/mol. The number of unbranched alkanes of at least 4 members (excludes halogenated alkanes) is 2. The first-order valence-electron chi connectivity index (χ1n) is 23.3. The molecule has 0 aromatic rings. The molecule has 1 aliphatic heterocycles. The van der Waals surface area contributed by atoms with Crippen molar-refractivity contribution in [3.8, 4) is 6.07 Å². The van der Waals surface area contributed by atoms with E-state index in [1.807, 2.05) is 4.90 Å². The van der Waals surface area contributed by atoms with E-state index < -0.39 is 8.53 Å². The summed E-state index contributed by atoms with van der Waals surface area (Å²) in [7, 11) is 0.404. The molecule has 0 aromatic carbocycles. The maximum Gasteiger partial charge on any atom is 0.407 e. The quantitative estimate of drug-likeness (QED) is 0.0972. The van der Waals surface area contributed by atoms with Crippen LogP contribution in [0.5, 0.6) is 0 Å². The van der Waals surface area contributed by atoms with Crippen LogP contribution >= 0.6 is 8.53 Å². The molecule has 0 radical (unpaired) electrons. The van der Waals surface area contributed by atoms with Crippen LogP contribution in [0.1, 0.15) is 165 Å². The molecule has 0 bridgehead atoms. The summed E-state index contributed by atoms with van der Waals surface area (Å²) < 4.78 is 20.9. The van der Waals surface area contributed by atoms with Crippen LogP contribution in [-0.4, -0.2) is 84.6 Å². The van der Waals surface area contributed by atoms with E-state index in [2.05, 4.69) is 76.8 Å². The van der Waals surface area contributed by atoms with Crippen molar-refractivity contribution in [2.45, 2.75) is 195 Å². The summed E-state index contributed by atoms with van der Waals surface area (Å²) in [6.45, 7) is 19.6. The Morgan fingerprint density at radius 2 is 1.62 bits per heavy atom. The third kappa shape index (κ3) is 11.1. The Bertz CT molecular complexity index is 1400. The van der Waals surface area contributed by atoms with E-state index in [1.165, 1.54) is 38.5 Å². The zero-order chi connectivity index (χ0) is 42.2. The highest BCUT2D eigenvalue weighted by molar-refractivity contribution is 7.44. The second-order valence-electron chi connectivity index (χ2n) is 20.0. The Balaban J connectivity index is 0.988. The summed E-state index contributed by atoms with van der Waals surface area (Å²) in [6.07, 6.45) is 16.2. The van der Waals surface area contributed by atoms with Gasteiger partial charge in [-0.3, -0.25) is 9.59 Å². The average Bonchev–Trinajstić information content (AvgIpc) is 3.73. The van der Waals surface area contributed by atoms with Crippen LogP contribution in [0.4, 0.5) is 4.79 Å². The molecule has 0 aromatic heterocycles. The van der Waals surface area contributed by atoms with Crippen molar-refractivity contribution in [2.24, 2.45) is 46.3 Å². The fourth-order valence-corrected chi connectivity index (χ4v) is 14.6. The third-order valence-corrected chi connectivity index (χ3v) is 18.0. The monoisotopic (exact) mass is 830 g/mol. The zero-order valence-corrected chi connectivity index (χ0v) is 38.6. The van der Waals surface area contributed by atoms with Gasteiger partial charge in [-0.1, -0.05) is 27.2 Å². The third-order valence-electron chi connectivity index (χ3n) is 15.9. The van der Waals surface area contributed by atoms with Crippen LogP contribution in [0.25, 0.3) is 0 Å². The number of hydrogen-bond acceptors (Lipinski definition) is 8. The van der Waals surface area contributed by atoms with Crippen molar-refractivity contribution >= 4 is 26.4 Å². The van der Waals surface area contributed by atoms with E-state index in [1.54, 1.807) is 7.05 Å². The molecule has 3 amide bonds. The fourth-order valence-electron chi connectivity index (χ4n) is 12.9. The number of nitrogens with one attached hydrogen (secondary N) is 2. The number of carbonyl (C=O) groups excluding carboxylic acids is 3. The first-order valence-corrected chi connectivity index (χ1v) is 24.4. The lowest BCUT2D eigenvalue weighted by Gasteiger charge is -2.61. The number of nitrogens with zero attached hydrogens (tertiary/aromatic N) is 3. The van der Waals surface area contributed by atoms with Gasteiger partial charge < -0.3 is 29.3 Å². The lowest BCUT2D eigenvalue weighted by molar-refractivity contribution is -0.132. The highest BCUT2D eigenvalue weighted by atomic mass is 31.2. The Morgan fingerprint density at radius 1 is 0.897 bits per heavy atom. The Hall–Kier alpha value is -1.99. The maximum absolute atomic E-state index is 13.3. The Labute approximate surface area is 353 Å². The van der Waals surface area contributed by atoms with Crippen LogP contribution < -0.4 is 10.6 Å². The van der Waals surface area contributed by atoms with Gasteiger partial charge in [0.1, 0.15) is 6.10 Å². The summed E-state index contributed by atoms with van der Waals surface area (Å²) in [6, 6.07) is 2.71. The van der Waals surface area contributed by atoms with Gasteiger partial charge in [-0.05, 0) is 164 Å². The molecule has 12 atom stereocenters. The number of amides is 3. The van der Waals surface area contributed by atoms with Crippen LogP contribution in [0, 0.1) is 57.7 Å². The molecule has 4 unspecified atom stereocenters. The van der Waals surface area contributed by atoms with Gasteiger partial charge in [-0.15, -0.1) is 0 Å². The number of ether oxygens (including phenoxy) is 1. The van der Waals surface area contributed by atoms with Crippen LogP contribution in [0.3, 0.4) is 0 Å². The van der Waals surface area contributed by atoms with E-state index in [9.17, 15) is 14.4 Å². The molecule has 58 heavy (non-hydrogen) atoms. The normalized spacial score (nSPS) is 34.2. The van der Waals surface area contributed by atoms with Gasteiger partial charge in [0, 0.05) is 51.1 Å². The van der Waals surface area contributed by atoms with E-state index in [0.717, 1.165) is 75.0 Å². The van der Waals surface area contributed by atoms with Crippen molar-refractivity contribution in [3.63, 3.8) is 0 Å². The van der Waals surface area contributed by atoms with Crippen molar-refractivity contribution in [1.29, 1.82) is 5.26 Å². The second-order valence-corrected chi connectivity index (χ2v) is 21.4. The van der Waals surface area contributed by atoms with Crippen LogP contribution in [0.2, 0.25) is 0 Å². The number of carbonyl (C=O) groups is 3. The summed E-state index contributed by atoms with van der Waals surface area (Å²) in [4.78, 5) is 40.1. The topological polar surface area (TPSA) is 133 Å². The SMILES string of the molecule is CNC(=O)CC[C@@H](C)[C@H]1CCC2C3CC[C@@H]4C[C@H](OC(=O)NCCCCCC(=O)N5C[C@H](OP(OCCC#N)N(C(C)C)C(C)C)C[C@H]5C)CC[C@]4(C)C3CC[C@@]21C. The van der Waals surface area contributed by atoms with E-state index in [4.69, 9.17) is 19.0 Å². The molecule has 1 saturated heterocycles. The Kier molecular flexibility index (Phi) is 17.2. The molecule has 4 saturated carbocycles. The maximum atomic E-state index is 13.3. The molecule has 4 aliphatic carbocycles. The molecule has 5 fully saturated rings. The van der Waals surface area contributed by atoms with Gasteiger partial charge in [-0.25, -0.2) is 9.46 Å². The van der Waals surface area contributed by atoms with E-state index in [0.29, 0.717) is 61.6 Å². The molecule has 5 aliphatic rings. The van der Waals surface area contributed by atoms with E-state index >= 15 is 0 Å². The first kappa shape index (κ1) is 47.1. The number of rotatable bonds is 19. The number of likely N-dealkylation sites (tertiary alicyclic amines) is 1. The minimum absolute atomic E-state index is 0.00662. The van der Waals surface area contributed by atoms with Gasteiger partial charge in [0.25, 0.3) is 8.53 Å². The van der Waals surface area contributed by atoms with Crippen molar-refractivity contribution in [1.82, 2.24) is 20.2 Å². The van der Waals surface area contributed by atoms with Crippen molar-refractivity contribution < 1.29 is 28.2 Å². The zero-order valence-electron chi connectivity index (χ0n) is 37.7. The largest absolute Gasteiger partial charge is 0.446 e. The second kappa shape index (κ2) is 21.2. The van der Waals surface area contributed by atoms with Crippen molar-refractivity contribution in [3.05, 3.63) is 0 Å². The van der Waals surface area contributed by atoms with Gasteiger partial charge in [0.05, 0.1) is 25.2 Å².